The van der Waals surface area contributed by atoms with Crippen LogP contribution in [0.25, 0.3) is 0 Å². The van der Waals surface area contributed by atoms with Gasteiger partial charge in [-0.25, -0.2) is 0 Å². The van der Waals surface area contributed by atoms with Crippen LogP contribution in [-0.4, -0.2) is 11.7 Å². The molecule has 0 aromatic rings. The first-order valence-corrected chi connectivity index (χ1v) is 5.59. The molecule has 0 aliphatic heterocycles. The second-order valence-electron chi connectivity index (χ2n) is 4.44. The number of aliphatic hydroxyl groups is 1. The van der Waals surface area contributed by atoms with Gasteiger partial charge < -0.3 is 5.11 Å². The molecule has 0 aliphatic carbocycles. The fourth-order valence-electron chi connectivity index (χ4n) is 1.35. The molecule has 0 aromatic heterocycles. The highest BCUT2D eigenvalue weighted by Crippen LogP contribution is 2.27. The molecule has 1 atom stereocenters. The summed E-state index contributed by atoms with van der Waals surface area (Å²) in [5.41, 5.74) is 1.42. The topological polar surface area (TPSA) is 20.2 Å². The smallest absolute Gasteiger partial charge is 0.0465 e. The minimum absolute atomic E-state index is 0.0567. The van der Waals surface area contributed by atoms with Crippen molar-refractivity contribution >= 4 is 0 Å². The maximum absolute atomic E-state index is 8.70. The van der Waals surface area contributed by atoms with E-state index >= 15 is 0 Å². The SMILES string of the molecule is C=CC(C)(/C=C/CCO)CCC=C(C)C. The first-order valence-electron chi connectivity index (χ1n) is 5.59. The number of hydrogen-bond acceptors (Lipinski definition) is 1. The van der Waals surface area contributed by atoms with E-state index in [1.807, 2.05) is 12.2 Å². The summed E-state index contributed by atoms with van der Waals surface area (Å²) < 4.78 is 0. The minimum Gasteiger partial charge on any atom is -0.396 e. The van der Waals surface area contributed by atoms with E-state index < -0.39 is 0 Å². The third-order valence-electron chi connectivity index (χ3n) is 2.50. The molecule has 15 heavy (non-hydrogen) atoms. The Hall–Kier alpha value is -0.820. The standard InChI is InChI=1S/C14H24O/c1-5-14(4,10-6-7-12-15)11-8-9-13(2)3/h5-6,9-10,15H,1,7-8,11-12H2,2-4H3/b10-6+. The average Bonchev–Trinajstić information content (AvgIpc) is 2.18. The molecule has 1 N–H and O–H groups in total. The van der Waals surface area contributed by atoms with Crippen LogP contribution in [0.1, 0.15) is 40.0 Å². The first kappa shape index (κ1) is 14.2. The van der Waals surface area contributed by atoms with Crippen molar-refractivity contribution in [1.29, 1.82) is 0 Å². The average molecular weight is 208 g/mol. The Labute approximate surface area is 94.2 Å². The lowest BCUT2D eigenvalue weighted by molar-refractivity contribution is 0.302. The van der Waals surface area contributed by atoms with Crippen molar-refractivity contribution in [2.75, 3.05) is 6.61 Å². The van der Waals surface area contributed by atoms with Crippen LogP contribution in [-0.2, 0) is 0 Å². The fourth-order valence-corrected chi connectivity index (χ4v) is 1.35. The molecule has 0 bridgehead atoms. The summed E-state index contributed by atoms with van der Waals surface area (Å²) in [6, 6.07) is 0. The van der Waals surface area contributed by atoms with E-state index in [1.165, 1.54) is 5.57 Å². The Morgan fingerprint density at radius 2 is 2.00 bits per heavy atom. The van der Waals surface area contributed by atoms with Gasteiger partial charge in [-0.1, -0.05) is 36.8 Å². The van der Waals surface area contributed by atoms with E-state index in [1.54, 1.807) is 0 Å². The van der Waals surface area contributed by atoms with E-state index in [0.717, 1.165) is 19.3 Å². The summed E-state index contributed by atoms with van der Waals surface area (Å²) in [6.45, 7) is 10.5. The lowest BCUT2D eigenvalue weighted by Crippen LogP contribution is -2.08. The van der Waals surface area contributed by atoms with Crippen LogP contribution in [0, 0.1) is 5.41 Å². The van der Waals surface area contributed by atoms with E-state index in [9.17, 15) is 0 Å². The predicted molar refractivity (Wildman–Crippen MR) is 67.8 cm³/mol. The summed E-state index contributed by atoms with van der Waals surface area (Å²) in [4.78, 5) is 0. The van der Waals surface area contributed by atoms with Gasteiger partial charge in [0.15, 0.2) is 0 Å². The van der Waals surface area contributed by atoms with Gasteiger partial charge in [0.1, 0.15) is 0 Å². The monoisotopic (exact) mass is 208 g/mol. The quantitative estimate of drug-likeness (QED) is 0.630. The molecule has 0 spiro atoms. The zero-order chi connectivity index (χ0) is 11.7. The van der Waals surface area contributed by atoms with Crippen molar-refractivity contribution in [2.45, 2.75) is 40.0 Å². The van der Waals surface area contributed by atoms with Crippen LogP contribution >= 0.6 is 0 Å². The lowest BCUT2D eigenvalue weighted by Gasteiger charge is -2.20. The second kappa shape index (κ2) is 7.47. The molecule has 0 fully saturated rings. The van der Waals surface area contributed by atoms with Gasteiger partial charge in [-0.2, -0.15) is 0 Å². The van der Waals surface area contributed by atoms with E-state index in [2.05, 4.69) is 39.5 Å². The van der Waals surface area contributed by atoms with Gasteiger partial charge in [-0.05, 0) is 33.1 Å². The molecule has 0 aromatic carbocycles. The Morgan fingerprint density at radius 3 is 2.47 bits per heavy atom. The lowest BCUT2D eigenvalue weighted by atomic mass is 9.85. The summed E-state index contributed by atoms with van der Waals surface area (Å²) in [5.74, 6) is 0. The first-order chi connectivity index (χ1) is 7.04. The predicted octanol–water partition coefficient (Wildman–Crippen LogP) is 3.86. The highest BCUT2D eigenvalue weighted by molar-refractivity contribution is 5.08. The molecule has 1 nitrogen and oxygen atoms in total. The van der Waals surface area contributed by atoms with Crippen molar-refractivity contribution in [1.82, 2.24) is 0 Å². The van der Waals surface area contributed by atoms with Crippen molar-refractivity contribution in [3.05, 3.63) is 36.5 Å². The van der Waals surface area contributed by atoms with Crippen LogP contribution in [0.15, 0.2) is 36.5 Å². The zero-order valence-corrected chi connectivity index (χ0v) is 10.3. The molecule has 0 heterocycles. The van der Waals surface area contributed by atoms with Gasteiger partial charge in [-0.15, -0.1) is 6.58 Å². The molecular formula is C14H24O. The second-order valence-corrected chi connectivity index (χ2v) is 4.44. The molecule has 0 saturated carbocycles. The van der Waals surface area contributed by atoms with E-state index in [4.69, 9.17) is 5.11 Å². The summed E-state index contributed by atoms with van der Waals surface area (Å²) in [5, 5.41) is 8.70. The number of rotatable bonds is 7. The van der Waals surface area contributed by atoms with Gasteiger partial charge in [0.2, 0.25) is 0 Å². The van der Waals surface area contributed by atoms with Gasteiger partial charge in [0.05, 0.1) is 0 Å². The van der Waals surface area contributed by atoms with Crippen LogP contribution in [0.2, 0.25) is 0 Å². The van der Waals surface area contributed by atoms with Gasteiger partial charge in [0.25, 0.3) is 0 Å². The normalized spacial score (nSPS) is 14.9. The highest BCUT2D eigenvalue weighted by Gasteiger charge is 2.14. The zero-order valence-electron chi connectivity index (χ0n) is 10.3. The van der Waals surface area contributed by atoms with E-state index in [0.29, 0.717) is 0 Å². The third kappa shape index (κ3) is 7.15. The van der Waals surface area contributed by atoms with Crippen LogP contribution in [0.4, 0.5) is 0 Å². The number of aliphatic hydroxyl groups excluding tert-OH is 1. The summed E-state index contributed by atoms with van der Waals surface area (Å²) in [7, 11) is 0. The molecule has 0 amide bonds. The Bertz CT molecular complexity index is 234. The van der Waals surface area contributed by atoms with Crippen molar-refractivity contribution in [3.63, 3.8) is 0 Å². The molecule has 0 rings (SSSR count). The Balaban J connectivity index is 4.18. The Kier molecular flexibility index (Phi) is 7.06. The minimum atomic E-state index is 0.0567. The van der Waals surface area contributed by atoms with E-state index in [-0.39, 0.29) is 12.0 Å². The fraction of sp³-hybridized carbons (Fsp3) is 0.571. The molecule has 1 unspecified atom stereocenters. The number of allylic oxidation sites excluding steroid dienone is 4. The molecule has 0 saturated heterocycles. The van der Waals surface area contributed by atoms with Crippen LogP contribution in [0.3, 0.4) is 0 Å². The third-order valence-corrected chi connectivity index (χ3v) is 2.50. The van der Waals surface area contributed by atoms with Crippen molar-refractivity contribution < 1.29 is 5.11 Å². The van der Waals surface area contributed by atoms with Crippen molar-refractivity contribution in [2.24, 2.45) is 5.41 Å². The number of hydrogen-bond donors (Lipinski definition) is 1. The Morgan fingerprint density at radius 1 is 1.33 bits per heavy atom. The molecule has 0 aliphatic rings. The maximum atomic E-state index is 8.70. The summed E-state index contributed by atoms with van der Waals surface area (Å²) >= 11 is 0. The summed E-state index contributed by atoms with van der Waals surface area (Å²) in [6.07, 6.45) is 11.3. The van der Waals surface area contributed by atoms with Gasteiger partial charge in [-0.3, -0.25) is 0 Å². The largest absolute Gasteiger partial charge is 0.396 e. The highest BCUT2D eigenvalue weighted by atomic mass is 16.2. The van der Waals surface area contributed by atoms with Crippen LogP contribution < -0.4 is 0 Å². The molecule has 86 valence electrons. The molecular weight excluding hydrogens is 184 g/mol. The van der Waals surface area contributed by atoms with Crippen molar-refractivity contribution in [3.8, 4) is 0 Å². The van der Waals surface area contributed by atoms with Gasteiger partial charge >= 0.3 is 0 Å². The van der Waals surface area contributed by atoms with Gasteiger partial charge in [0, 0.05) is 12.0 Å². The van der Waals surface area contributed by atoms with Crippen LogP contribution in [0.5, 0.6) is 0 Å². The molecule has 1 heteroatoms. The molecule has 0 radical (unpaired) electrons. The maximum Gasteiger partial charge on any atom is 0.0465 e.